The maximum Gasteiger partial charge on any atom is 0.152 e. The van der Waals surface area contributed by atoms with E-state index in [2.05, 4.69) is 172 Å². The van der Waals surface area contributed by atoms with Gasteiger partial charge < -0.3 is 266 Å². The highest BCUT2D eigenvalue weighted by molar-refractivity contribution is 6.18. The average molecular weight is 1850 g/mol. The molecule has 1 aliphatic rings. The van der Waals surface area contributed by atoms with Crippen molar-refractivity contribution >= 4 is 31.6 Å². The summed E-state index contributed by atoms with van der Waals surface area (Å²) in [5, 5.41) is 97.3. The van der Waals surface area contributed by atoms with Gasteiger partial charge in [-0.3, -0.25) is 0 Å². The lowest BCUT2D eigenvalue weighted by molar-refractivity contribution is -0.930. The van der Waals surface area contributed by atoms with Crippen molar-refractivity contribution in [1.29, 1.82) is 0 Å². The van der Waals surface area contributed by atoms with Crippen molar-refractivity contribution in [2.75, 3.05) is 330 Å². The minimum Gasteiger partial charge on any atom is -1.00 e. The Hall–Kier alpha value is 2.79. The number of ether oxygens (including phenoxy) is 1. The number of nitrogens with two attached hydrogens (primary N) is 4. The van der Waals surface area contributed by atoms with Gasteiger partial charge in [-0.1, -0.05) is 14.9 Å². The fraction of sp³-hybridized carbons (Fsp3) is 1.00. The number of alkyl halides is 2. The van der Waals surface area contributed by atoms with E-state index in [4.69, 9.17) is 39.4 Å². The zero-order chi connectivity index (χ0) is 74.0. The molecule has 26 nitrogen and oxygen atoms in total. The van der Waals surface area contributed by atoms with Gasteiger partial charge in [0, 0.05) is 27.5 Å². The lowest BCUT2D eigenvalue weighted by Gasteiger charge is -2.36. The first-order valence-electron chi connectivity index (χ1n) is 35.1. The second-order valence-corrected chi connectivity index (χ2v) is 35.0. The smallest absolute Gasteiger partial charge is 0.152 e. The Morgan fingerprint density at radius 1 is 0.361 bits per heavy atom. The van der Waals surface area contributed by atoms with Crippen LogP contribution in [0.5, 0.6) is 0 Å². The molecule has 0 amide bonds. The van der Waals surface area contributed by atoms with Gasteiger partial charge in [-0.2, -0.15) is 0 Å². The van der Waals surface area contributed by atoms with Crippen LogP contribution in [-0.2, 0) is 4.74 Å². The van der Waals surface area contributed by atoms with Crippen molar-refractivity contribution in [1.82, 2.24) is 5.32 Å². The summed E-state index contributed by atoms with van der Waals surface area (Å²) in [6.07, 6.45) is 2.45. The number of aliphatic hydroxyl groups excluding tert-OH is 9. The van der Waals surface area contributed by atoms with E-state index in [1.165, 1.54) is 14.7 Å². The molecule has 0 aliphatic carbocycles. The van der Waals surface area contributed by atoms with Gasteiger partial charge in [-0.05, 0) is 65.1 Å². The van der Waals surface area contributed by atoms with Gasteiger partial charge in [0.1, 0.15) is 105 Å². The summed E-state index contributed by atoms with van der Waals surface area (Å²) in [5.41, 5.74) is 20.5. The van der Waals surface area contributed by atoms with Crippen LogP contribution in [0.3, 0.4) is 0 Å². The molecule has 13 unspecified atom stereocenters. The highest BCUT2D eigenvalue weighted by atomic mass is 35.5. The van der Waals surface area contributed by atoms with Crippen molar-refractivity contribution in [3.05, 3.63) is 0 Å². The minimum absolute atomic E-state index is 0. The maximum atomic E-state index is 10.9. The highest BCUT2D eigenvalue weighted by Crippen LogP contribution is 2.10. The lowest BCUT2D eigenvalue weighted by atomic mass is 10.2. The van der Waals surface area contributed by atoms with Crippen molar-refractivity contribution in [3.8, 4) is 0 Å². The molecule has 0 bridgehead atoms. The van der Waals surface area contributed by atoms with Crippen LogP contribution in [0.15, 0.2) is 0 Å². The molecule has 0 spiro atoms. The average Bonchev–Trinajstić information content (AvgIpc) is 0.966. The van der Waals surface area contributed by atoms with Crippen LogP contribution < -0.4 is 179 Å². The summed E-state index contributed by atoms with van der Waals surface area (Å²) in [7, 11) is 43.6. The number of rotatable bonds is 50. The fourth-order valence-electron chi connectivity index (χ4n) is 11.8. The van der Waals surface area contributed by atoms with Crippen LogP contribution in [0, 0.1) is 0 Å². The molecule has 3 radical (unpaired) electrons. The van der Waals surface area contributed by atoms with Gasteiger partial charge in [0.25, 0.3) is 0 Å². The van der Waals surface area contributed by atoms with Crippen LogP contribution in [0.1, 0.15) is 60.3 Å². The van der Waals surface area contributed by atoms with E-state index in [0.29, 0.717) is 150 Å². The normalized spacial score (nSPS) is 15.8. The van der Waals surface area contributed by atoms with Crippen molar-refractivity contribution in [2.24, 2.45) is 22.9 Å². The Labute approximate surface area is 743 Å². The molecular formula is C68H173BCl13N16O10. The minimum atomic E-state index is -0.521. The molecule has 0 aromatic carbocycles. The Bertz CT molecular complexity index is 1810. The van der Waals surface area contributed by atoms with E-state index in [9.17, 15) is 46.0 Å². The maximum absolute atomic E-state index is 10.9. The second-order valence-electron chi connectivity index (χ2n) is 34.4. The molecule has 1 heterocycles. The fourth-order valence-corrected chi connectivity index (χ4v) is 12.1. The Morgan fingerprint density at radius 3 is 0.769 bits per heavy atom. The number of unbranched alkanes of at least 4 members (excludes halogenated alkanes) is 3. The molecule has 40 heteroatoms. The molecule has 0 saturated carbocycles. The van der Waals surface area contributed by atoms with Crippen molar-refractivity contribution in [2.45, 2.75) is 121 Å². The van der Waals surface area contributed by atoms with Crippen LogP contribution >= 0.6 is 23.2 Å². The van der Waals surface area contributed by atoms with Gasteiger partial charge in [0.2, 0.25) is 0 Å². The largest absolute Gasteiger partial charge is 1.00 e. The third-order valence-electron chi connectivity index (χ3n) is 15.6. The molecule has 13 atom stereocenters. The molecule has 108 heavy (non-hydrogen) atoms. The molecule has 1 rings (SSSR count). The zero-order valence-electron chi connectivity index (χ0n) is 69.6. The highest BCUT2D eigenvalue weighted by Gasteiger charge is 2.33. The number of likely N-dealkylation sites (N-methyl/N-ethyl adjacent to an activating group) is 8. The summed E-state index contributed by atoms with van der Waals surface area (Å²) >= 11 is 10.9. The first kappa shape index (κ1) is 155. The summed E-state index contributed by atoms with van der Waals surface area (Å²) in [5.74, 6) is 0.897. The van der Waals surface area contributed by atoms with Crippen LogP contribution in [-0.4, -0.2) is 481 Å². The first-order chi connectivity index (χ1) is 42.8. The molecule has 679 valence electrons. The Balaban J connectivity index is -0.0000000634. The Morgan fingerprint density at radius 2 is 0.574 bits per heavy atom. The number of epoxide rings is 1. The number of aliphatic hydroxyl groups is 9. The predicted molar refractivity (Wildman–Crippen MR) is 409 cm³/mol. The monoisotopic (exact) mass is 1840 g/mol. The van der Waals surface area contributed by atoms with Gasteiger partial charge in [0.15, 0.2) is 48.8 Å². The van der Waals surface area contributed by atoms with E-state index < -0.39 is 42.7 Å². The van der Waals surface area contributed by atoms with Crippen LogP contribution in [0.25, 0.3) is 0 Å². The number of nitrogens with one attached hydrogen (secondary N) is 4. The van der Waals surface area contributed by atoms with Gasteiger partial charge >= 0.3 is 0 Å². The first-order valence-corrected chi connectivity index (χ1v) is 36.2. The summed E-state index contributed by atoms with van der Waals surface area (Å²) in [6.45, 7) is 20.0. The van der Waals surface area contributed by atoms with Crippen molar-refractivity contribution < 1.29 is 238 Å². The molecule has 21 N–H and O–H groups in total. The molecule has 1 fully saturated rings. The van der Waals surface area contributed by atoms with Gasteiger partial charge in [0.05, 0.1) is 199 Å². The lowest BCUT2D eigenvalue weighted by Crippen LogP contribution is -3.14. The van der Waals surface area contributed by atoms with Crippen LogP contribution in [0.2, 0.25) is 0 Å². The van der Waals surface area contributed by atoms with E-state index in [1.54, 1.807) is 0 Å². The summed E-state index contributed by atoms with van der Waals surface area (Å²) in [6, 6.07) is 0. The summed E-state index contributed by atoms with van der Waals surface area (Å²) < 4.78 is 10.2. The molecular weight excluding hydrogens is 1670 g/mol. The molecule has 1 aliphatic heterocycles. The zero-order valence-corrected chi connectivity index (χ0v) is 79.5. The van der Waals surface area contributed by atoms with Gasteiger partial charge in [-0.15, -0.1) is 23.2 Å². The van der Waals surface area contributed by atoms with E-state index >= 15 is 0 Å². The Kier molecular flexibility index (Phi) is 118. The third-order valence-corrected chi connectivity index (χ3v) is 16.3. The molecule has 0 aromatic heterocycles. The molecule has 1 saturated heterocycles. The number of nitrogens with zero attached hydrogens (tertiary/aromatic N) is 8. The van der Waals surface area contributed by atoms with E-state index in [1.807, 2.05) is 0 Å². The van der Waals surface area contributed by atoms with E-state index in [0.717, 1.165) is 99.9 Å². The number of hydrogen-bond acceptors (Lipinski definition) is 15. The second kappa shape index (κ2) is 82.1. The predicted octanol–water partition coefficient (Wildman–Crippen LogP) is -39.9. The summed E-state index contributed by atoms with van der Waals surface area (Å²) in [4.78, 5) is 3.70. The standard InChI is InChI=1S/C24H57ClN5O4.C21H52N5O3.C17H42N4O2.C3H5ClO.CH6N2.2CH4.B.11ClH/c1-28(2,3)17-22(32)15-27(12-10-9-11-26-14-21(31)13-25)16-23(33)19-30(7,8)20-24(34)18-29(4,5)6;1-24(2,3)15-19(27)13-23(12-10-9-11-22)14-20(28)17-26(7,8)18-21(29)16-25(4,5)6;1-7-21(5,6)15-17(23)13-19(11-9-8-10-18)12-16(22)14-20(2,3)4;4-1-3-2-5-3;2-1-3;;;;;;;;;;;;;;/h21-24,26,31-34H,9-20H2,1-8H3;19-21,27-29H,9-18,22H2,1-8H3;16-17,22-23H,7-15,18H2,1-6H3;3H,1-2H2;1-3H2;2*1H4;;11*1H/q2*+3;+2;;;;;;;;;;;;;;;;/p-8. The molecule has 0 aromatic rings. The van der Waals surface area contributed by atoms with Crippen molar-refractivity contribution in [3.63, 3.8) is 0 Å². The quantitative estimate of drug-likeness (QED) is 0.00672. The van der Waals surface area contributed by atoms with E-state index in [-0.39, 0.29) is 185 Å². The topological polar surface area (TPSA) is 324 Å². The van der Waals surface area contributed by atoms with Crippen LogP contribution in [0.4, 0.5) is 0 Å². The number of hydrogen-bond donors (Lipinski definition) is 17. The van der Waals surface area contributed by atoms with Gasteiger partial charge in [-0.25, -0.2) is 0 Å². The number of halogens is 13. The number of quaternary nitrogens is 11. The SMILES string of the molecule is C.C.CC[N+](C)(C)CC(O)C[NH+](CCCCN)CC(O)C[N+](C)(C)C.C[N+](C)(C)CC(O)C[NH+](CCCCN)CC(O)C[N+](C)(C)CC(O)C[N+](C)(C)C.C[N+](C)(C)CC(O)C[NH+](CCCCNCC(O)CCl)CC(O)C[N+](C)(C)CC(O)C[N+](C)(C)C.ClCC1CO1.NCN.[B].[Cl-].[Cl-].[Cl-].[Cl-].[Cl-].[Cl-].[Cl-].[Cl-].[Cl-].[Cl-].[Cl-]. The third kappa shape index (κ3) is 113.